The summed E-state index contributed by atoms with van der Waals surface area (Å²) < 4.78 is 6.45. The molecular formula is C23H22N6O4. The highest BCUT2D eigenvalue weighted by Crippen LogP contribution is 2.15. The van der Waals surface area contributed by atoms with Crippen LogP contribution in [-0.2, 0) is 17.8 Å². The molecule has 0 fully saturated rings. The number of rotatable bonds is 7. The van der Waals surface area contributed by atoms with E-state index < -0.39 is 11.8 Å². The first-order valence-corrected chi connectivity index (χ1v) is 10.5. The number of hydrogen-bond acceptors (Lipinski definition) is 7. The minimum atomic E-state index is -0.617. The fourth-order valence-electron chi connectivity index (χ4n) is 3.30. The van der Waals surface area contributed by atoms with Gasteiger partial charge < -0.3 is 4.52 Å². The lowest BCUT2D eigenvalue weighted by atomic mass is 10.1. The summed E-state index contributed by atoms with van der Waals surface area (Å²) in [6.45, 7) is 2.29. The predicted molar refractivity (Wildman–Crippen MR) is 120 cm³/mol. The number of benzene rings is 2. The number of aromatic nitrogens is 4. The fraction of sp³-hybridized carbons (Fsp3) is 0.217. The smallest absolute Gasteiger partial charge is 0.290 e. The Hall–Kier alpha value is -4.34. The molecule has 10 heteroatoms. The van der Waals surface area contributed by atoms with Crippen LogP contribution in [0.1, 0.15) is 36.1 Å². The quantitative estimate of drug-likeness (QED) is 0.416. The number of aryl methyl sites for hydroxylation is 2. The molecule has 0 spiro atoms. The van der Waals surface area contributed by atoms with Gasteiger partial charge in [0.25, 0.3) is 11.5 Å². The van der Waals surface area contributed by atoms with E-state index in [0.717, 1.165) is 5.56 Å². The number of hydrogen-bond donors (Lipinski definition) is 2. The molecular weight excluding hydrogens is 424 g/mol. The van der Waals surface area contributed by atoms with E-state index in [1.165, 1.54) is 4.68 Å². The summed E-state index contributed by atoms with van der Waals surface area (Å²) in [5.41, 5.74) is 5.34. The number of hydrazine groups is 1. The highest BCUT2D eigenvalue weighted by Gasteiger charge is 2.17. The zero-order valence-electron chi connectivity index (χ0n) is 17.9. The first-order valence-electron chi connectivity index (χ1n) is 10.5. The van der Waals surface area contributed by atoms with Crippen LogP contribution in [-0.4, -0.2) is 31.7 Å². The van der Waals surface area contributed by atoms with Gasteiger partial charge in [-0.1, -0.05) is 60.6 Å². The molecule has 0 unspecified atom stereocenters. The molecule has 10 nitrogen and oxygen atoms in total. The van der Waals surface area contributed by atoms with Crippen LogP contribution in [0.5, 0.6) is 0 Å². The SMILES string of the molecule is CCCn1nc(C(=O)NNC(=O)CCc2nc(-c3ccccc3)no2)c2ccccc2c1=O. The van der Waals surface area contributed by atoms with Crippen LogP contribution >= 0.6 is 0 Å². The number of nitrogens with one attached hydrogen (secondary N) is 2. The molecule has 168 valence electrons. The second-order valence-corrected chi connectivity index (χ2v) is 7.30. The monoisotopic (exact) mass is 446 g/mol. The molecule has 0 aliphatic heterocycles. The third-order valence-electron chi connectivity index (χ3n) is 4.90. The summed E-state index contributed by atoms with van der Waals surface area (Å²) in [6.07, 6.45) is 0.926. The van der Waals surface area contributed by atoms with Crippen molar-refractivity contribution < 1.29 is 14.1 Å². The Morgan fingerprint density at radius 3 is 2.48 bits per heavy atom. The van der Waals surface area contributed by atoms with Crippen molar-refractivity contribution in [3.05, 3.63) is 76.5 Å². The summed E-state index contributed by atoms with van der Waals surface area (Å²) in [5.74, 6) is -0.295. The normalized spacial score (nSPS) is 10.8. The number of fused-ring (bicyclic) bond motifs is 1. The van der Waals surface area contributed by atoms with E-state index in [0.29, 0.717) is 35.5 Å². The van der Waals surface area contributed by atoms with Gasteiger partial charge in [-0.25, -0.2) is 4.68 Å². The predicted octanol–water partition coefficient (Wildman–Crippen LogP) is 2.25. The molecule has 2 N–H and O–H groups in total. The molecule has 0 aliphatic carbocycles. The highest BCUT2D eigenvalue weighted by molar-refractivity contribution is 6.05. The van der Waals surface area contributed by atoms with Crippen molar-refractivity contribution in [2.24, 2.45) is 0 Å². The van der Waals surface area contributed by atoms with Gasteiger partial charge in [-0.15, -0.1) is 0 Å². The molecule has 0 bridgehead atoms. The van der Waals surface area contributed by atoms with E-state index in [4.69, 9.17) is 4.52 Å². The second-order valence-electron chi connectivity index (χ2n) is 7.30. The topological polar surface area (TPSA) is 132 Å². The van der Waals surface area contributed by atoms with E-state index in [-0.39, 0.29) is 24.1 Å². The molecule has 2 aromatic heterocycles. The first-order chi connectivity index (χ1) is 16.1. The molecule has 4 aromatic rings. The molecule has 0 saturated carbocycles. The van der Waals surface area contributed by atoms with Gasteiger partial charge in [0, 0.05) is 30.3 Å². The number of amides is 2. The molecule has 4 rings (SSSR count). The molecule has 0 radical (unpaired) electrons. The van der Waals surface area contributed by atoms with Crippen LogP contribution in [0.3, 0.4) is 0 Å². The van der Waals surface area contributed by atoms with Gasteiger partial charge in [0.1, 0.15) is 0 Å². The third-order valence-corrected chi connectivity index (χ3v) is 4.90. The Kier molecular flexibility index (Phi) is 6.53. The number of carbonyl (C=O) groups is 2. The van der Waals surface area contributed by atoms with Crippen molar-refractivity contribution in [2.75, 3.05) is 0 Å². The molecule has 2 heterocycles. The maximum atomic E-state index is 12.7. The van der Waals surface area contributed by atoms with Crippen LogP contribution in [0, 0.1) is 0 Å². The Labute approximate surface area is 188 Å². The average Bonchev–Trinajstić information content (AvgIpc) is 3.33. The van der Waals surface area contributed by atoms with Crippen LogP contribution in [0.25, 0.3) is 22.2 Å². The Balaban J connectivity index is 1.39. The Bertz CT molecular complexity index is 1350. The lowest BCUT2D eigenvalue weighted by Crippen LogP contribution is -2.43. The fourth-order valence-corrected chi connectivity index (χ4v) is 3.30. The van der Waals surface area contributed by atoms with Crippen LogP contribution in [0.4, 0.5) is 0 Å². The number of carbonyl (C=O) groups excluding carboxylic acids is 2. The Morgan fingerprint density at radius 2 is 1.73 bits per heavy atom. The van der Waals surface area contributed by atoms with Gasteiger partial charge in [0.15, 0.2) is 5.69 Å². The van der Waals surface area contributed by atoms with Crippen molar-refractivity contribution in [1.29, 1.82) is 0 Å². The summed E-state index contributed by atoms with van der Waals surface area (Å²) in [7, 11) is 0. The summed E-state index contributed by atoms with van der Waals surface area (Å²) in [4.78, 5) is 41.8. The zero-order valence-corrected chi connectivity index (χ0v) is 17.9. The van der Waals surface area contributed by atoms with E-state index in [1.54, 1.807) is 24.3 Å². The molecule has 0 atom stereocenters. The van der Waals surface area contributed by atoms with Gasteiger partial charge in [0.2, 0.25) is 17.6 Å². The van der Waals surface area contributed by atoms with Crippen molar-refractivity contribution in [3.8, 4) is 11.4 Å². The van der Waals surface area contributed by atoms with E-state index in [2.05, 4.69) is 26.1 Å². The van der Waals surface area contributed by atoms with E-state index in [9.17, 15) is 14.4 Å². The lowest BCUT2D eigenvalue weighted by Gasteiger charge is -2.11. The standard InChI is InChI=1S/C23H22N6O4/c1-2-14-29-23(32)17-11-7-6-10-16(17)20(27-29)22(31)26-25-18(30)12-13-19-24-21(28-33-19)15-8-4-3-5-9-15/h3-11H,2,12-14H2,1H3,(H,25,30)(H,26,31). The maximum absolute atomic E-state index is 12.7. The Morgan fingerprint density at radius 1 is 1.00 bits per heavy atom. The van der Waals surface area contributed by atoms with Gasteiger partial charge in [-0.3, -0.25) is 25.2 Å². The molecule has 2 aromatic carbocycles. The van der Waals surface area contributed by atoms with Crippen molar-refractivity contribution >= 4 is 22.6 Å². The molecule has 0 aliphatic rings. The van der Waals surface area contributed by atoms with Crippen molar-refractivity contribution in [2.45, 2.75) is 32.7 Å². The highest BCUT2D eigenvalue weighted by atomic mass is 16.5. The van der Waals surface area contributed by atoms with Crippen LogP contribution in [0.2, 0.25) is 0 Å². The molecule has 33 heavy (non-hydrogen) atoms. The second kappa shape index (κ2) is 9.86. The minimum Gasteiger partial charge on any atom is -0.339 e. The van der Waals surface area contributed by atoms with Crippen LogP contribution in [0.15, 0.2) is 63.9 Å². The number of nitrogens with zero attached hydrogens (tertiary/aromatic N) is 4. The van der Waals surface area contributed by atoms with Crippen molar-refractivity contribution in [3.63, 3.8) is 0 Å². The average molecular weight is 446 g/mol. The van der Waals surface area contributed by atoms with Gasteiger partial charge in [0.05, 0.1) is 5.39 Å². The zero-order chi connectivity index (χ0) is 23.2. The van der Waals surface area contributed by atoms with Gasteiger partial charge in [-0.05, 0) is 12.5 Å². The molecule has 0 saturated heterocycles. The summed E-state index contributed by atoms with van der Waals surface area (Å²) in [6, 6.07) is 16.1. The summed E-state index contributed by atoms with van der Waals surface area (Å²) >= 11 is 0. The first kappa shape index (κ1) is 21.9. The largest absolute Gasteiger partial charge is 0.339 e. The van der Waals surface area contributed by atoms with Crippen molar-refractivity contribution in [1.82, 2.24) is 30.8 Å². The van der Waals surface area contributed by atoms with E-state index in [1.807, 2.05) is 37.3 Å². The van der Waals surface area contributed by atoms with Crippen LogP contribution < -0.4 is 16.4 Å². The van der Waals surface area contributed by atoms with Gasteiger partial charge >= 0.3 is 0 Å². The van der Waals surface area contributed by atoms with Gasteiger partial charge in [-0.2, -0.15) is 10.1 Å². The maximum Gasteiger partial charge on any atom is 0.290 e. The van der Waals surface area contributed by atoms with E-state index >= 15 is 0 Å². The third kappa shape index (κ3) is 4.95. The molecule has 2 amide bonds. The summed E-state index contributed by atoms with van der Waals surface area (Å²) in [5, 5.41) is 8.92. The minimum absolute atomic E-state index is 0.0280. The lowest BCUT2D eigenvalue weighted by molar-refractivity contribution is -0.121.